The largest absolute Gasteiger partial charge is 0.489 e. The van der Waals surface area contributed by atoms with Gasteiger partial charge in [0.25, 0.3) is 0 Å². The molecule has 0 aliphatic carbocycles. The van der Waals surface area contributed by atoms with Crippen molar-refractivity contribution in [3.05, 3.63) is 35.5 Å². The standard InChI is InChI=1S/C21H29FN2O4/c1-6-7-8-19-24-16-9-14(2)17(10-18(16)27-19)26-13-15(11-22)12-23-20(25)28-21(3,4)5/h9-11H,6-8,12-13H2,1-5H3,(H,23,25)/b15-11+. The smallest absolute Gasteiger partial charge is 0.407 e. The van der Waals surface area contributed by atoms with Gasteiger partial charge in [0, 0.05) is 24.6 Å². The molecule has 1 aromatic heterocycles. The highest BCUT2D eigenvalue weighted by Crippen LogP contribution is 2.27. The van der Waals surface area contributed by atoms with Crippen molar-refractivity contribution >= 4 is 17.2 Å². The number of oxazole rings is 1. The van der Waals surface area contributed by atoms with Crippen LogP contribution in [0.1, 0.15) is 52.0 Å². The number of nitrogens with one attached hydrogen (secondary N) is 1. The van der Waals surface area contributed by atoms with Crippen LogP contribution < -0.4 is 10.1 Å². The maximum absolute atomic E-state index is 13.2. The van der Waals surface area contributed by atoms with Gasteiger partial charge in [-0.25, -0.2) is 14.2 Å². The fraction of sp³-hybridized carbons (Fsp3) is 0.524. The molecule has 6 nitrogen and oxygen atoms in total. The number of hydrogen-bond acceptors (Lipinski definition) is 5. The summed E-state index contributed by atoms with van der Waals surface area (Å²) in [6, 6.07) is 3.66. The van der Waals surface area contributed by atoms with Gasteiger partial charge in [-0.2, -0.15) is 0 Å². The Morgan fingerprint density at radius 2 is 2.11 bits per heavy atom. The number of unbranched alkanes of at least 4 members (excludes halogenated alkanes) is 1. The molecule has 1 heterocycles. The molecule has 0 fully saturated rings. The number of alkyl carbamates (subject to hydrolysis) is 1. The number of aromatic nitrogens is 1. The molecule has 0 saturated carbocycles. The minimum Gasteiger partial charge on any atom is -0.489 e. The highest BCUT2D eigenvalue weighted by molar-refractivity contribution is 5.76. The molecule has 2 rings (SSSR count). The van der Waals surface area contributed by atoms with Crippen molar-refractivity contribution < 1.29 is 23.1 Å². The average Bonchev–Trinajstić information content (AvgIpc) is 3.00. The summed E-state index contributed by atoms with van der Waals surface area (Å²) in [4.78, 5) is 16.2. The molecule has 0 unspecified atom stereocenters. The van der Waals surface area contributed by atoms with E-state index < -0.39 is 11.7 Å². The number of carbonyl (C=O) groups is 1. The fourth-order valence-electron chi connectivity index (χ4n) is 2.49. The van der Waals surface area contributed by atoms with Crippen molar-refractivity contribution in [3.63, 3.8) is 0 Å². The molecular weight excluding hydrogens is 363 g/mol. The van der Waals surface area contributed by atoms with Crippen molar-refractivity contribution in [2.45, 2.75) is 59.5 Å². The third-order valence-corrected chi connectivity index (χ3v) is 3.90. The number of amides is 1. The van der Waals surface area contributed by atoms with Crippen molar-refractivity contribution in [3.8, 4) is 5.75 Å². The molecule has 0 spiro atoms. The SMILES string of the molecule is CCCCc1nc2cc(C)c(OC/C(=C/F)CNC(=O)OC(C)(C)C)cc2o1. The van der Waals surface area contributed by atoms with Gasteiger partial charge in [-0.1, -0.05) is 13.3 Å². The van der Waals surface area contributed by atoms with Crippen molar-refractivity contribution in [1.29, 1.82) is 0 Å². The van der Waals surface area contributed by atoms with Gasteiger partial charge in [0.05, 0.1) is 6.33 Å². The van der Waals surface area contributed by atoms with Gasteiger partial charge in [0.1, 0.15) is 23.5 Å². The molecule has 1 amide bonds. The molecular formula is C21H29FN2O4. The van der Waals surface area contributed by atoms with Crippen LogP contribution in [0.5, 0.6) is 5.75 Å². The Balaban J connectivity index is 1.97. The lowest BCUT2D eigenvalue weighted by atomic mass is 10.2. The number of benzene rings is 1. The predicted molar refractivity (Wildman–Crippen MR) is 106 cm³/mol. The number of rotatable bonds is 8. The lowest BCUT2D eigenvalue weighted by Crippen LogP contribution is -2.34. The summed E-state index contributed by atoms with van der Waals surface area (Å²) in [7, 11) is 0. The van der Waals surface area contributed by atoms with E-state index in [1.54, 1.807) is 26.8 Å². The molecule has 1 aromatic carbocycles. The lowest BCUT2D eigenvalue weighted by molar-refractivity contribution is 0.0531. The van der Waals surface area contributed by atoms with Gasteiger partial charge >= 0.3 is 6.09 Å². The van der Waals surface area contributed by atoms with Gasteiger partial charge in [0.2, 0.25) is 0 Å². The zero-order valence-electron chi connectivity index (χ0n) is 17.2. The summed E-state index contributed by atoms with van der Waals surface area (Å²) in [5.74, 6) is 1.29. The predicted octanol–water partition coefficient (Wildman–Crippen LogP) is 5.24. The number of carbonyl (C=O) groups excluding carboxylic acids is 1. The van der Waals surface area contributed by atoms with Gasteiger partial charge in [0.15, 0.2) is 11.5 Å². The third-order valence-electron chi connectivity index (χ3n) is 3.90. The maximum atomic E-state index is 13.2. The summed E-state index contributed by atoms with van der Waals surface area (Å²) >= 11 is 0. The second kappa shape index (κ2) is 9.57. The van der Waals surface area contributed by atoms with E-state index in [2.05, 4.69) is 17.2 Å². The molecule has 154 valence electrons. The first-order valence-electron chi connectivity index (χ1n) is 9.49. The van der Waals surface area contributed by atoms with Gasteiger partial charge in [-0.05, 0) is 45.7 Å². The summed E-state index contributed by atoms with van der Waals surface area (Å²) < 4.78 is 29.8. The Morgan fingerprint density at radius 1 is 1.36 bits per heavy atom. The Labute approximate surface area is 165 Å². The summed E-state index contributed by atoms with van der Waals surface area (Å²) in [6.07, 6.45) is 2.71. The molecule has 7 heteroatoms. The molecule has 0 radical (unpaired) electrons. The lowest BCUT2D eigenvalue weighted by Gasteiger charge is -2.20. The van der Waals surface area contributed by atoms with E-state index in [-0.39, 0.29) is 18.7 Å². The topological polar surface area (TPSA) is 73.6 Å². The van der Waals surface area contributed by atoms with E-state index in [0.717, 1.165) is 30.3 Å². The first-order chi connectivity index (χ1) is 13.2. The van der Waals surface area contributed by atoms with Crippen LogP contribution in [0, 0.1) is 6.92 Å². The second-order valence-corrected chi connectivity index (χ2v) is 7.71. The van der Waals surface area contributed by atoms with Gasteiger partial charge in [-0.15, -0.1) is 0 Å². The third kappa shape index (κ3) is 6.55. The normalized spacial score (nSPS) is 12.3. The minimum atomic E-state index is -0.611. The van der Waals surface area contributed by atoms with E-state index in [1.165, 1.54) is 0 Å². The first-order valence-corrected chi connectivity index (χ1v) is 9.49. The molecule has 0 bridgehead atoms. The average molecular weight is 392 g/mol. The van der Waals surface area contributed by atoms with Crippen LogP contribution in [0.2, 0.25) is 0 Å². The van der Waals surface area contributed by atoms with Crippen molar-refractivity contribution in [1.82, 2.24) is 10.3 Å². The number of ether oxygens (including phenoxy) is 2. The number of fused-ring (bicyclic) bond motifs is 1. The minimum absolute atomic E-state index is 0.00379. The zero-order valence-corrected chi connectivity index (χ0v) is 17.2. The number of hydrogen-bond donors (Lipinski definition) is 1. The summed E-state index contributed by atoms with van der Waals surface area (Å²) in [5.41, 5.74) is 1.97. The molecule has 1 N–H and O–H groups in total. The van der Waals surface area contributed by atoms with Crippen molar-refractivity contribution in [2.24, 2.45) is 0 Å². The fourth-order valence-corrected chi connectivity index (χ4v) is 2.49. The molecule has 28 heavy (non-hydrogen) atoms. The molecule has 0 atom stereocenters. The van der Waals surface area contributed by atoms with Crippen LogP contribution in [-0.4, -0.2) is 29.8 Å². The Bertz CT molecular complexity index is 837. The van der Waals surface area contributed by atoms with Crippen LogP contribution in [0.3, 0.4) is 0 Å². The van der Waals surface area contributed by atoms with Gasteiger partial charge < -0.3 is 19.2 Å². The number of aryl methyl sites for hydroxylation is 2. The highest BCUT2D eigenvalue weighted by atomic mass is 19.1. The van der Waals surface area contributed by atoms with Gasteiger partial charge in [-0.3, -0.25) is 0 Å². The number of nitrogens with zero attached hydrogens (tertiary/aromatic N) is 1. The van der Waals surface area contributed by atoms with Crippen LogP contribution >= 0.6 is 0 Å². The Kier molecular flexibility index (Phi) is 7.43. The molecule has 2 aromatic rings. The van der Waals surface area contributed by atoms with E-state index in [1.807, 2.05) is 13.0 Å². The van der Waals surface area contributed by atoms with E-state index in [0.29, 0.717) is 23.6 Å². The second-order valence-electron chi connectivity index (χ2n) is 7.71. The van der Waals surface area contributed by atoms with Crippen LogP contribution in [0.25, 0.3) is 11.1 Å². The highest BCUT2D eigenvalue weighted by Gasteiger charge is 2.16. The Hall–Kier alpha value is -2.57. The van der Waals surface area contributed by atoms with Crippen LogP contribution in [0.4, 0.5) is 9.18 Å². The monoisotopic (exact) mass is 392 g/mol. The molecule has 0 saturated heterocycles. The number of halogens is 1. The van der Waals surface area contributed by atoms with Crippen molar-refractivity contribution in [2.75, 3.05) is 13.2 Å². The Morgan fingerprint density at radius 3 is 2.75 bits per heavy atom. The summed E-state index contributed by atoms with van der Waals surface area (Å²) in [5, 5.41) is 2.52. The molecule has 0 aliphatic heterocycles. The summed E-state index contributed by atoms with van der Waals surface area (Å²) in [6.45, 7) is 9.29. The van der Waals surface area contributed by atoms with Crippen LogP contribution in [0.15, 0.2) is 28.5 Å². The van der Waals surface area contributed by atoms with E-state index in [4.69, 9.17) is 13.9 Å². The zero-order chi connectivity index (χ0) is 20.7. The quantitative estimate of drug-likeness (QED) is 0.665. The maximum Gasteiger partial charge on any atom is 0.407 e. The van der Waals surface area contributed by atoms with E-state index in [9.17, 15) is 9.18 Å². The first kappa shape index (κ1) is 21.7. The van der Waals surface area contributed by atoms with E-state index >= 15 is 0 Å². The molecule has 0 aliphatic rings. The van der Waals surface area contributed by atoms with Crippen LogP contribution in [-0.2, 0) is 11.2 Å².